The predicted molar refractivity (Wildman–Crippen MR) is 68.8 cm³/mol. The van der Waals surface area contributed by atoms with E-state index in [-0.39, 0.29) is 11.8 Å². The van der Waals surface area contributed by atoms with Gasteiger partial charge in [0.2, 0.25) is 11.7 Å². The van der Waals surface area contributed by atoms with Gasteiger partial charge in [0.25, 0.3) is 0 Å². The van der Waals surface area contributed by atoms with E-state index in [2.05, 4.69) is 17.1 Å². The largest absolute Gasteiger partial charge is 0.450 e. The number of nitrogens with zero attached hydrogens (tertiary/aromatic N) is 2. The predicted octanol–water partition coefficient (Wildman–Crippen LogP) is 3.99. The standard InChI is InChI=1S/C14H19F3N2O2/c1-3-9-5-4-6-10(7-9)12-18-13(21-19-12)8(2)11(20)14(15,16)17/h8-10H,3-7H2,1-2H3. The lowest BCUT2D eigenvalue weighted by molar-refractivity contribution is -0.172. The highest BCUT2D eigenvalue weighted by Gasteiger charge is 2.44. The van der Waals surface area contributed by atoms with Gasteiger partial charge in [-0.3, -0.25) is 4.79 Å². The molecule has 21 heavy (non-hydrogen) atoms. The number of halogens is 3. The van der Waals surface area contributed by atoms with Crippen LogP contribution in [0.2, 0.25) is 0 Å². The monoisotopic (exact) mass is 304 g/mol. The quantitative estimate of drug-likeness (QED) is 0.844. The molecule has 3 atom stereocenters. The van der Waals surface area contributed by atoms with Gasteiger partial charge >= 0.3 is 6.18 Å². The Kier molecular flexibility index (Phi) is 4.68. The third kappa shape index (κ3) is 3.63. The van der Waals surface area contributed by atoms with Crippen molar-refractivity contribution >= 4 is 5.78 Å². The van der Waals surface area contributed by atoms with Crippen molar-refractivity contribution in [1.29, 1.82) is 0 Å². The summed E-state index contributed by atoms with van der Waals surface area (Å²) in [5, 5.41) is 3.79. The van der Waals surface area contributed by atoms with E-state index in [9.17, 15) is 18.0 Å². The van der Waals surface area contributed by atoms with Crippen molar-refractivity contribution in [3.8, 4) is 0 Å². The zero-order chi connectivity index (χ0) is 15.6. The number of alkyl halides is 3. The molecule has 0 radical (unpaired) electrons. The highest BCUT2D eigenvalue weighted by molar-refractivity contribution is 5.89. The number of carbonyl (C=O) groups is 1. The van der Waals surface area contributed by atoms with Gasteiger partial charge in [-0.25, -0.2) is 0 Å². The van der Waals surface area contributed by atoms with E-state index < -0.39 is 17.9 Å². The highest BCUT2D eigenvalue weighted by Crippen LogP contribution is 2.37. The van der Waals surface area contributed by atoms with E-state index in [0.717, 1.165) is 32.6 Å². The lowest BCUT2D eigenvalue weighted by Crippen LogP contribution is -2.27. The number of hydrogen-bond donors (Lipinski definition) is 0. The van der Waals surface area contributed by atoms with Gasteiger partial charge in [-0.05, 0) is 25.7 Å². The van der Waals surface area contributed by atoms with E-state index >= 15 is 0 Å². The number of aromatic nitrogens is 2. The van der Waals surface area contributed by atoms with Gasteiger partial charge in [0, 0.05) is 5.92 Å². The Balaban J connectivity index is 2.09. The lowest BCUT2D eigenvalue weighted by Gasteiger charge is -2.26. The van der Waals surface area contributed by atoms with Crippen LogP contribution >= 0.6 is 0 Å². The van der Waals surface area contributed by atoms with Crippen molar-refractivity contribution in [3.05, 3.63) is 11.7 Å². The molecule has 7 heteroatoms. The van der Waals surface area contributed by atoms with Gasteiger partial charge in [-0.2, -0.15) is 18.2 Å². The van der Waals surface area contributed by atoms with Crippen LogP contribution in [0.25, 0.3) is 0 Å². The first-order valence-electron chi connectivity index (χ1n) is 7.27. The minimum absolute atomic E-state index is 0.120. The molecule has 0 aromatic carbocycles. The molecule has 1 fully saturated rings. The van der Waals surface area contributed by atoms with Crippen LogP contribution in [0.5, 0.6) is 0 Å². The molecule has 2 rings (SSSR count). The summed E-state index contributed by atoms with van der Waals surface area (Å²) in [7, 11) is 0. The molecule has 118 valence electrons. The molecule has 0 N–H and O–H groups in total. The first kappa shape index (κ1) is 16.0. The van der Waals surface area contributed by atoms with Gasteiger partial charge < -0.3 is 4.52 Å². The van der Waals surface area contributed by atoms with Crippen LogP contribution < -0.4 is 0 Å². The first-order valence-corrected chi connectivity index (χ1v) is 7.27. The molecule has 1 aliphatic rings. The Morgan fingerprint density at radius 2 is 2.14 bits per heavy atom. The summed E-state index contributed by atoms with van der Waals surface area (Å²) in [4.78, 5) is 15.2. The van der Waals surface area contributed by atoms with Crippen molar-refractivity contribution in [2.24, 2.45) is 5.92 Å². The molecule has 1 aromatic heterocycles. The number of carbonyl (C=O) groups excluding carboxylic acids is 1. The van der Waals surface area contributed by atoms with Crippen molar-refractivity contribution in [2.75, 3.05) is 0 Å². The van der Waals surface area contributed by atoms with Crippen molar-refractivity contribution in [3.63, 3.8) is 0 Å². The molecular formula is C14H19F3N2O2. The van der Waals surface area contributed by atoms with Crippen LogP contribution in [0.1, 0.15) is 69.5 Å². The summed E-state index contributed by atoms with van der Waals surface area (Å²) in [6, 6.07) is 0. The van der Waals surface area contributed by atoms with Crippen molar-refractivity contribution in [2.45, 2.75) is 64.0 Å². The van der Waals surface area contributed by atoms with Gasteiger partial charge in [-0.15, -0.1) is 0 Å². The zero-order valence-electron chi connectivity index (χ0n) is 12.1. The number of Topliss-reactive ketones (excluding diaryl/α,β-unsaturated/α-hetero) is 1. The van der Waals surface area contributed by atoms with Gasteiger partial charge in [0.1, 0.15) is 5.92 Å². The molecule has 3 unspecified atom stereocenters. The average molecular weight is 304 g/mol. The van der Waals surface area contributed by atoms with Crippen LogP contribution in [0.4, 0.5) is 13.2 Å². The smallest absolute Gasteiger partial charge is 0.339 e. The fourth-order valence-corrected chi connectivity index (χ4v) is 2.84. The second-order valence-corrected chi connectivity index (χ2v) is 5.71. The van der Waals surface area contributed by atoms with E-state index in [1.165, 1.54) is 6.42 Å². The van der Waals surface area contributed by atoms with Gasteiger partial charge in [0.15, 0.2) is 5.82 Å². The molecular weight excluding hydrogens is 285 g/mol. The van der Waals surface area contributed by atoms with E-state index in [4.69, 9.17) is 4.52 Å². The van der Waals surface area contributed by atoms with Gasteiger partial charge in [-0.1, -0.05) is 31.3 Å². The number of rotatable bonds is 4. The van der Waals surface area contributed by atoms with Crippen LogP contribution in [0.3, 0.4) is 0 Å². The van der Waals surface area contributed by atoms with Crippen LogP contribution in [-0.2, 0) is 4.79 Å². The highest BCUT2D eigenvalue weighted by atomic mass is 19.4. The first-order chi connectivity index (χ1) is 9.82. The zero-order valence-corrected chi connectivity index (χ0v) is 12.1. The molecule has 4 nitrogen and oxygen atoms in total. The maximum absolute atomic E-state index is 12.4. The number of ketones is 1. The molecule has 0 spiro atoms. The maximum Gasteiger partial charge on any atom is 0.450 e. The lowest BCUT2D eigenvalue weighted by atomic mass is 9.80. The number of hydrogen-bond acceptors (Lipinski definition) is 4. The van der Waals surface area contributed by atoms with Crippen LogP contribution in [-0.4, -0.2) is 22.1 Å². The summed E-state index contributed by atoms with van der Waals surface area (Å²) in [6.07, 6.45) is 0.259. The average Bonchev–Trinajstić information content (AvgIpc) is 2.94. The van der Waals surface area contributed by atoms with Crippen molar-refractivity contribution < 1.29 is 22.5 Å². The fraction of sp³-hybridized carbons (Fsp3) is 0.786. The topological polar surface area (TPSA) is 56.0 Å². The fourth-order valence-electron chi connectivity index (χ4n) is 2.84. The summed E-state index contributed by atoms with van der Waals surface area (Å²) in [5.41, 5.74) is 0. The third-order valence-corrected chi connectivity index (χ3v) is 4.23. The molecule has 0 aliphatic heterocycles. The normalized spacial score (nSPS) is 24.8. The minimum Gasteiger partial charge on any atom is -0.339 e. The molecule has 1 aromatic rings. The van der Waals surface area contributed by atoms with Crippen LogP contribution in [0.15, 0.2) is 4.52 Å². The summed E-state index contributed by atoms with van der Waals surface area (Å²) < 4.78 is 42.1. The summed E-state index contributed by atoms with van der Waals surface area (Å²) in [6.45, 7) is 3.27. The SMILES string of the molecule is CCC1CCCC(c2noc(C(C)C(=O)C(F)(F)F)n2)C1. The maximum atomic E-state index is 12.4. The minimum atomic E-state index is -4.88. The Morgan fingerprint density at radius 1 is 1.43 bits per heavy atom. The molecule has 1 aliphatic carbocycles. The Hall–Kier alpha value is -1.40. The molecule has 0 saturated heterocycles. The second-order valence-electron chi connectivity index (χ2n) is 5.71. The summed E-state index contributed by atoms with van der Waals surface area (Å²) in [5.74, 6) is -2.39. The Labute approximate surface area is 121 Å². The molecule has 0 bridgehead atoms. The van der Waals surface area contributed by atoms with Crippen LogP contribution in [0, 0.1) is 5.92 Å². The molecule has 0 amide bonds. The summed E-state index contributed by atoms with van der Waals surface area (Å²) >= 11 is 0. The second kappa shape index (κ2) is 6.15. The van der Waals surface area contributed by atoms with E-state index in [1.54, 1.807) is 0 Å². The Bertz CT molecular complexity index is 499. The Morgan fingerprint density at radius 3 is 2.76 bits per heavy atom. The van der Waals surface area contributed by atoms with Gasteiger partial charge in [0.05, 0.1) is 0 Å². The molecule has 1 heterocycles. The van der Waals surface area contributed by atoms with E-state index in [0.29, 0.717) is 11.7 Å². The third-order valence-electron chi connectivity index (χ3n) is 4.23. The van der Waals surface area contributed by atoms with Crippen molar-refractivity contribution in [1.82, 2.24) is 10.1 Å². The molecule has 1 saturated carbocycles. The van der Waals surface area contributed by atoms with E-state index in [1.807, 2.05) is 0 Å².